The van der Waals surface area contributed by atoms with Gasteiger partial charge in [-0.1, -0.05) is 37.6 Å². The molecule has 0 unspecified atom stereocenters. The topological polar surface area (TPSA) is 42.0 Å². The number of amides is 1. The summed E-state index contributed by atoms with van der Waals surface area (Å²) in [5.74, 6) is 0. The van der Waals surface area contributed by atoms with Gasteiger partial charge in [0, 0.05) is 10.4 Å². The van der Waals surface area contributed by atoms with E-state index in [1.165, 1.54) is 16.9 Å². The third-order valence-corrected chi connectivity index (χ3v) is 3.61. The highest BCUT2D eigenvalue weighted by molar-refractivity contribution is 7.16. The highest BCUT2D eigenvalue weighted by Crippen LogP contribution is 2.30. The monoisotopic (exact) mass is 259 g/mol. The van der Waals surface area contributed by atoms with Crippen molar-refractivity contribution in [1.29, 1.82) is 0 Å². The summed E-state index contributed by atoms with van der Waals surface area (Å²) in [6.07, 6.45) is 3.90. The molecule has 1 aromatic carbocycles. The first-order valence-corrected chi connectivity index (χ1v) is 6.76. The molecular weight excluding hydrogens is 244 g/mol. The quantitative estimate of drug-likeness (QED) is 0.834. The SMILES string of the molecule is CCCc1ccc(-c2nc(N[C]=O)sc2C)cc1. The van der Waals surface area contributed by atoms with E-state index in [-0.39, 0.29) is 0 Å². The van der Waals surface area contributed by atoms with Crippen molar-refractivity contribution in [3.05, 3.63) is 34.7 Å². The summed E-state index contributed by atoms with van der Waals surface area (Å²) in [5, 5.41) is 3.06. The van der Waals surface area contributed by atoms with Gasteiger partial charge in [-0.15, -0.1) is 11.3 Å². The first-order chi connectivity index (χ1) is 8.74. The summed E-state index contributed by atoms with van der Waals surface area (Å²) in [4.78, 5) is 15.8. The lowest BCUT2D eigenvalue weighted by Crippen LogP contribution is -1.92. The van der Waals surface area contributed by atoms with Crippen molar-refractivity contribution in [3.8, 4) is 11.3 Å². The van der Waals surface area contributed by atoms with E-state index in [0.717, 1.165) is 29.0 Å². The largest absolute Gasteiger partial charge is 0.315 e. The van der Waals surface area contributed by atoms with Crippen molar-refractivity contribution in [3.63, 3.8) is 0 Å². The Morgan fingerprint density at radius 1 is 1.33 bits per heavy atom. The number of carbonyl (C=O) groups excluding carboxylic acids is 1. The van der Waals surface area contributed by atoms with Gasteiger partial charge in [0.1, 0.15) is 0 Å². The lowest BCUT2D eigenvalue weighted by Gasteiger charge is -2.01. The predicted molar refractivity (Wildman–Crippen MR) is 75.6 cm³/mol. The Morgan fingerprint density at radius 2 is 2.06 bits per heavy atom. The molecule has 2 rings (SSSR count). The van der Waals surface area contributed by atoms with Crippen molar-refractivity contribution >= 4 is 22.9 Å². The molecule has 93 valence electrons. The summed E-state index contributed by atoms with van der Waals surface area (Å²) in [7, 11) is 0. The van der Waals surface area contributed by atoms with E-state index < -0.39 is 0 Å². The van der Waals surface area contributed by atoms with Gasteiger partial charge in [0.2, 0.25) is 0 Å². The van der Waals surface area contributed by atoms with Gasteiger partial charge in [0.05, 0.1) is 5.69 Å². The molecule has 0 fully saturated rings. The first-order valence-electron chi connectivity index (χ1n) is 5.94. The van der Waals surface area contributed by atoms with Crippen molar-refractivity contribution in [2.75, 3.05) is 5.32 Å². The molecule has 1 amide bonds. The smallest absolute Gasteiger partial charge is 0.294 e. The van der Waals surface area contributed by atoms with Crippen LogP contribution in [0.5, 0.6) is 0 Å². The summed E-state index contributed by atoms with van der Waals surface area (Å²) < 4.78 is 0. The van der Waals surface area contributed by atoms with E-state index in [4.69, 9.17) is 0 Å². The van der Waals surface area contributed by atoms with E-state index in [9.17, 15) is 4.79 Å². The minimum atomic E-state index is 0.593. The van der Waals surface area contributed by atoms with Crippen LogP contribution in [0.1, 0.15) is 23.8 Å². The van der Waals surface area contributed by atoms with Crippen molar-refractivity contribution in [2.24, 2.45) is 0 Å². The maximum absolute atomic E-state index is 10.3. The van der Waals surface area contributed by atoms with E-state index in [0.29, 0.717) is 5.13 Å². The molecule has 1 N–H and O–H groups in total. The van der Waals surface area contributed by atoms with Crippen LogP contribution in [0.4, 0.5) is 5.13 Å². The number of hydrogen-bond donors (Lipinski definition) is 1. The summed E-state index contributed by atoms with van der Waals surface area (Å²) >= 11 is 1.46. The van der Waals surface area contributed by atoms with Crippen LogP contribution < -0.4 is 5.32 Å². The number of benzene rings is 1. The highest BCUT2D eigenvalue weighted by Gasteiger charge is 2.09. The van der Waals surface area contributed by atoms with Gasteiger partial charge < -0.3 is 0 Å². The minimum absolute atomic E-state index is 0.593. The van der Waals surface area contributed by atoms with Crippen molar-refractivity contribution in [2.45, 2.75) is 26.7 Å². The van der Waals surface area contributed by atoms with Crippen molar-refractivity contribution < 1.29 is 4.79 Å². The van der Waals surface area contributed by atoms with Crippen molar-refractivity contribution in [1.82, 2.24) is 4.98 Å². The van der Waals surface area contributed by atoms with E-state index >= 15 is 0 Å². The van der Waals surface area contributed by atoms with Gasteiger partial charge in [0.25, 0.3) is 0 Å². The Balaban J connectivity index is 2.27. The molecule has 1 heterocycles. The molecule has 1 radical (unpaired) electrons. The number of aryl methyl sites for hydroxylation is 2. The molecule has 0 saturated carbocycles. The lowest BCUT2D eigenvalue weighted by molar-refractivity contribution is 0.561. The maximum Gasteiger partial charge on any atom is 0.315 e. The Kier molecular flexibility index (Phi) is 4.10. The van der Waals surface area contributed by atoms with Crippen LogP contribution in [-0.2, 0) is 11.2 Å². The second kappa shape index (κ2) is 5.78. The van der Waals surface area contributed by atoms with Crippen LogP contribution in [-0.4, -0.2) is 11.4 Å². The lowest BCUT2D eigenvalue weighted by atomic mass is 10.1. The third-order valence-electron chi connectivity index (χ3n) is 2.72. The third kappa shape index (κ3) is 2.76. The molecule has 0 spiro atoms. The number of thiazole rings is 1. The molecule has 18 heavy (non-hydrogen) atoms. The fourth-order valence-electron chi connectivity index (χ4n) is 1.88. The van der Waals surface area contributed by atoms with Gasteiger partial charge in [-0.25, -0.2) is 4.98 Å². The van der Waals surface area contributed by atoms with Crippen LogP contribution in [0, 0.1) is 6.92 Å². The van der Waals surface area contributed by atoms with E-state index in [1.54, 1.807) is 6.41 Å². The van der Waals surface area contributed by atoms with Gasteiger partial charge >= 0.3 is 6.41 Å². The number of nitrogens with zero attached hydrogens (tertiary/aromatic N) is 1. The maximum atomic E-state index is 10.3. The zero-order valence-corrected chi connectivity index (χ0v) is 11.3. The van der Waals surface area contributed by atoms with Crippen LogP contribution in [0.2, 0.25) is 0 Å². The van der Waals surface area contributed by atoms with Crippen LogP contribution >= 0.6 is 11.3 Å². The average molecular weight is 259 g/mol. The summed E-state index contributed by atoms with van der Waals surface area (Å²) in [6.45, 7) is 4.18. The van der Waals surface area contributed by atoms with E-state index in [1.807, 2.05) is 6.92 Å². The van der Waals surface area contributed by atoms with Crippen LogP contribution in [0.3, 0.4) is 0 Å². The molecule has 0 aliphatic carbocycles. The standard InChI is InChI=1S/C14H15N2OS/c1-3-4-11-5-7-12(8-6-11)13-10(2)18-14(16-13)15-9-17/h5-8H,3-4H2,1-2H3,(H,15,16,17). The fraction of sp³-hybridized carbons (Fsp3) is 0.286. The number of aromatic nitrogens is 1. The zero-order chi connectivity index (χ0) is 13.0. The predicted octanol–water partition coefficient (Wildman–Crippen LogP) is 3.55. The number of hydrogen-bond acceptors (Lipinski definition) is 3. The Morgan fingerprint density at radius 3 is 2.67 bits per heavy atom. The normalized spacial score (nSPS) is 10.3. The molecular formula is C14H15N2OS. The second-order valence-corrected chi connectivity index (χ2v) is 5.30. The van der Waals surface area contributed by atoms with Gasteiger partial charge in [-0.2, -0.15) is 0 Å². The molecule has 2 aromatic rings. The highest BCUT2D eigenvalue weighted by atomic mass is 32.1. The molecule has 0 aliphatic heterocycles. The minimum Gasteiger partial charge on any atom is -0.294 e. The van der Waals surface area contributed by atoms with Gasteiger partial charge in [-0.05, 0) is 18.9 Å². The number of nitrogens with one attached hydrogen (secondary N) is 1. The Labute approximate surface area is 111 Å². The summed E-state index contributed by atoms with van der Waals surface area (Å²) in [5.41, 5.74) is 3.36. The molecule has 1 aromatic heterocycles. The van der Waals surface area contributed by atoms with Crippen LogP contribution in [0.15, 0.2) is 24.3 Å². The molecule has 3 nitrogen and oxygen atoms in total. The molecule has 0 atom stereocenters. The average Bonchev–Trinajstić information content (AvgIpc) is 2.72. The second-order valence-electron chi connectivity index (χ2n) is 4.10. The number of anilines is 1. The Hall–Kier alpha value is -1.68. The number of rotatable bonds is 5. The Bertz CT molecular complexity index is 531. The molecule has 0 bridgehead atoms. The molecule has 4 heteroatoms. The molecule has 0 aliphatic rings. The van der Waals surface area contributed by atoms with Gasteiger partial charge in [0.15, 0.2) is 5.13 Å². The molecule has 0 saturated heterocycles. The zero-order valence-electron chi connectivity index (χ0n) is 10.5. The fourth-order valence-corrected chi connectivity index (χ4v) is 2.66. The van der Waals surface area contributed by atoms with E-state index in [2.05, 4.69) is 41.5 Å². The summed E-state index contributed by atoms with van der Waals surface area (Å²) in [6, 6.07) is 8.44. The van der Waals surface area contributed by atoms with Gasteiger partial charge in [-0.3, -0.25) is 10.1 Å². The van der Waals surface area contributed by atoms with Crippen LogP contribution in [0.25, 0.3) is 11.3 Å². The first kappa shape index (κ1) is 12.8.